The Morgan fingerprint density at radius 1 is 1.08 bits per heavy atom. The number of nitrogens with zero attached hydrogens (tertiary/aromatic N) is 1. The highest BCUT2D eigenvalue weighted by Gasteiger charge is 2.09. The van der Waals surface area contributed by atoms with Crippen LogP contribution >= 0.6 is 0 Å². The lowest BCUT2D eigenvalue weighted by atomic mass is 10.2. The van der Waals surface area contributed by atoms with Crippen molar-refractivity contribution < 1.29 is 9.05 Å². The Bertz CT molecular complexity index is 216. The zero-order chi connectivity index (χ0) is 9.99. The molecule has 3 nitrogen and oxygen atoms in total. The molecule has 0 aromatic carbocycles. The van der Waals surface area contributed by atoms with Crippen LogP contribution in [0.5, 0.6) is 0 Å². The van der Waals surface area contributed by atoms with Crippen LogP contribution in [0.2, 0.25) is 0 Å². The maximum atomic E-state index is 11.3. The van der Waals surface area contributed by atoms with Crippen LogP contribution in [0.3, 0.4) is 0 Å². The minimum absolute atomic E-state index is 0.342. The summed E-state index contributed by atoms with van der Waals surface area (Å²) < 4.78 is 14.6. The Hall–Kier alpha value is -0.0900. The molecule has 0 aromatic rings. The van der Waals surface area contributed by atoms with E-state index < -0.39 is 10.6 Å². The van der Waals surface area contributed by atoms with Gasteiger partial charge >= 0.3 is 0 Å². The Balaban J connectivity index is 4.32. The fraction of sp³-hybridized carbons (Fsp3) is 1.00. The molecule has 0 radical (unpaired) electrons. The van der Waals surface area contributed by atoms with Crippen molar-refractivity contribution in [2.75, 3.05) is 0 Å². The average Bonchev–Trinajstić information content (AvgIpc) is 1.78. The molecule has 0 aromatic heterocycles. The summed E-state index contributed by atoms with van der Waals surface area (Å²) in [4.78, 5) is 5.04. The predicted octanol–water partition coefficient (Wildman–Crippen LogP) is 2.66. The summed E-state index contributed by atoms with van der Waals surface area (Å²) in [5, 5.41) is 0. The lowest BCUT2D eigenvalue weighted by Gasteiger charge is -2.24. The van der Waals surface area contributed by atoms with E-state index in [4.69, 9.17) is 4.84 Å². The van der Waals surface area contributed by atoms with Crippen molar-refractivity contribution in [3.05, 3.63) is 0 Å². The second kappa shape index (κ2) is 3.75. The van der Waals surface area contributed by atoms with Crippen LogP contribution in [0.4, 0.5) is 0 Å². The maximum Gasteiger partial charge on any atom is 0.0875 e. The van der Waals surface area contributed by atoms with Crippen molar-refractivity contribution in [1.82, 2.24) is 0 Å². The van der Waals surface area contributed by atoms with Gasteiger partial charge in [-0.25, -0.2) is 0 Å². The van der Waals surface area contributed by atoms with E-state index in [2.05, 4.69) is 4.53 Å². The van der Waals surface area contributed by atoms with Gasteiger partial charge in [0.1, 0.15) is 0 Å². The molecular formula is C8H18NO2S-. The zero-order valence-corrected chi connectivity index (χ0v) is 9.49. The molecule has 4 heteroatoms. The number of hydrogen-bond acceptors (Lipinski definition) is 4. The molecule has 0 saturated heterocycles. The topological polar surface area (TPSA) is 38.7 Å². The normalized spacial score (nSPS) is 16.5. The van der Waals surface area contributed by atoms with Gasteiger partial charge in [-0.15, -0.1) is 0 Å². The van der Waals surface area contributed by atoms with Crippen LogP contribution in [-0.4, -0.2) is 10.3 Å². The summed E-state index contributed by atoms with van der Waals surface area (Å²) in [7, 11) is -1.28. The molecule has 0 atom stereocenters. The monoisotopic (exact) mass is 192 g/mol. The second-order valence-corrected chi connectivity index (χ2v) is 6.51. The summed E-state index contributed by atoms with van der Waals surface area (Å²) >= 11 is 0. The molecule has 0 rings (SSSR count). The first-order valence-electron chi connectivity index (χ1n) is 3.94. The largest absolute Gasteiger partial charge is 0.442 e. The van der Waals surface area contributed by atoms with Crippen molar-refractivity contribution >= 4 is 10.6 Å². The van der Waals surface area contributed by atoms with E-state index in [9.17, 15) is 4.21 Å². The number of rotatable bonds is 1. The van der Waals surface area contributed by atoms with Crippen molar-refractivity contribution in [3.63, 3.8) is 0 Å². The van der Waals surface area contributed by atoms with Gasteiger partial charge in [0, 0.05) is 0 Å². The standard InChI is InChI=1S/C8H18NO2S/c1-7(2,3)11-9-12(10)8(4,5)6/h1-6H3/q-1. The maximum absolute atomic E-state index is 11.3. The van der Waals surface area contributed by atoms with E-state index in [1.165, 1.54) is 0 Å². The van der Waals surface area contributed by atoms with Gasteiger partial charge in [0.05, 0.1) is 5.60 Å². The van der Waals surface area contributed by atoms with Crippen LogP contribution in [0.25, 0.3) is 0 Å². The smallest absolute Gasteiger partial charge is 0.0875 e. The van der Waals surface area contributed by atoms with Crippen LogP contribution < -0.4 is 0 Å². The summed E-state index contributed by atoms with van der Waals surface area (Å²) in [6, 6.07) is 0. The molecule has 0 bridgehead atoms. The molecule has 0 aliphatic rings. The van der Waals surface area contributed by atoms with Crippen molar-refractivity contribution in [3.8, 4) is 0 Å². The molecule has 12 heavy (non-hydrogen) atoms. The third kappa shape index (κ3) is 5.55. The minimum atomic E-state index is -1.28. The average molecular weight is 192 g/mol. The SMILES string of the molecule is CC(C)(C)ON=[S-](=O)C(C)(C)C. The van der Waals surface area contributed by atoms with Crippen molar-refractivity contribution in [2.45, 2.75) is 51.9 Å². The lowest BCUT2D eigenvalue weighted by molar-refractivity contribution is 0.00430. The van der Waals surface area contributed by atoms with Crippen LogP contribution in [-0.2, 0) is 19.6 Å². The highest BCUT2D eigenvalue weighted by atomic mass is 32.2. The van der Waals surface area contributed by atoms with Gasteiger partial charge in [0.2, 0.25) is 0 Å². The fourth-order valence-corrected chi connectivity index (χ4v) is 0.772. The van der Waals surface area contributed by atoms with Crippen molar-refractivity contribution in [1.29, 1.82) is 0 Å². The third-order valence-electron chi connectivity index (χ3n) is 0.903. The molecule has 0 spiro atoms. The molecule has 0 saturated carbocycles. The van der Waals surface area contributed by atoms with Crippen LogP contribution in [0, 0.1) is 0 Å². The molecule has 0 fully saturated rings. The summed E-state index contributed by atoms with van der Waals surface area (Å²) in [5.74, 6) is 0. The molecule has 0 heterocycles. The van der Waals surface area contributed by atoms with Gasteiger partial charge in [-0.2, -0.15) is 10.6 Å². The van der Waals surface area contributed by atoms with Gasteiger partial charge in [-0.1, -0.05) is 25.5 Å². The van der Waals surface area contributed by atoms with E-state index in [1.54, 1.807) is 0 Å². The lowest BCUT2D eigenvalue weighted by Crippen LogP contribution is -2.19. The molecule has 0 unspecified atom stereocenters. The van der Waals surface area contributed by atoms with Crippen LogP contribution in [0.15, 0.2) is 4.53 Å². The Labute approximate surface area is 76.7 Å². The Morgan fingerprint density at radius 3 is 1.75 bits per heavy atom. The first-order valence-corrected chi connectivity index (χ1v) is 5.05. The quantitative estimate of drug-likeness (QED) is 0.473. The first kappa shape index (κ1) is 11.9. The Kier molecular flexibility index (Phi) is 3.72. The van der Waals surface area contributed by atoms with Gasteiger partial charge in [-0.05, 0) is 20.8 Å². The zero-order valence-electron chi connectivity index (χ0n) is 8.67. The summed E-state index contributed by atoms with van der Waals surface area (Å²) in [6.07, 6.45) is 0. The van der Waals surface area contributed by atoms with Gasteiger partial charge in [0.15, 0.2) is 0 Å². The molecule has 0 amide bonds. The van der Waals surface area contributed by atoms with E-state index in [1.807, 2.05) is 41.5 Å². The van der Waals surface area contributed by atoms with Gasteiger partial charge in [0.25, 0.3) is 0 Å². The van der Waals surface area contributed by atoms with Gasteiger partial charge < -0.3 is 4.21 Å². The van der Waals surface area contributed by atoms with E-state index in [0.717, 1.165) is 0 Å². The highest BCUT2D eigenvalue weighted by molar-refractivity contribution is 7.76. The third-order valence-corrected chi connectivity index (χ3v) is 2.16. The minimum Gasteiger partial charge on any atom is -0.442 e. The van der Waals surface area contributed by atoms with Crippen molar-refractivity contribution in [2.24, 2.45) is 4.53 Å². The molecule has 0 aliphatic carbocycles. The van der Waals surface area contributed by atoms with E-state index in [0.29, 0.717) is 0 Å². The molecule has 0 N–H and O–H groups in total. The molecule has 0 aliphatic heterocycles. The van der Waals surface area contributed by atoms with Crippen LogP contribution in [0.1, 0.15) is 41.5 Å². The van der Waals surface area contributed by atoms with Gasteiger partial charge in [-0.3, -0.25) is 9.36 Å². The number of hydrogen-bond donors (Lipinski definition) is 0. The summed E-state index contributed by atoms with van der Waals surface area (Å²) in [6.45, 7) is 11.2. The highest BCUT2D eigenvalue weighted by Crippen LogP contribution is 2.12. The summed E-state index contributed by atoms with van der Waals surface area (Å²) in [5.41, 5.74) is -0.360. The second-order valence-electron chi connectivity index (χ2n) is 4.64. The Morgan fingerprint density at radius 2 is 1.50 bits per heavy atom. The predicted molar refractivity (Wildman–Crippen MR) is 51.1 cm³/mol. The fourth-order valence-electron chi connectivity index (χ4n) is 0.257. The first-order chi connectivity index (χ1) is 5.13. The molecular weight excluding hydrogens is 174 g/mol. The molecule has 74 valence electrons. The van der Waals surface area contributed by atoms with E-state index >= 15 is 0 Å². The van der Waals surface area contributed by atoms with E-state index in [-0.39, 0.29) is 10.3 Å².